The average Bonchev–Trinajstić information content (AvgIpc) is 2.34. The van der Waals surface area contributed by atoms with E-state index in [4.69, 9.17) is 14.9 Å². The van der Waals surface area contributed by atoms with Gasteiger partial charge >= 0.3 is 0 Å². The molecule has 0 amide bonds. The monoisotopic (exact) mass is 191 g/mol. The molecule has 0 aromatic rings. The molecule has 0 aromatic heterocycles. The van der Waals surface area contributed by atoms with Crippen LogP contribution in [0, 0.1) is 0 Å². The first kappa shape index (κ1) is 10.9. The van der Waals surface area contributed by atoms with E-state index in [0.29, 0.717) is 6.54 Å². The molecule has 4 N–H and O–H groups in total. The van der Waals surface area contributed by atoms with Crippen LogP contribution in [0.1, 0.15) is 13.3 Å². The zero-order valence-electron chi connectivity index (χ0n) is 7.68. The van der Waals surface area contributed by atoms with Gasteiger partial charge < -0.3 is 25.4 Å². The standard InChI is InChI=1S/C8H17NO4/c1-2-3-9-4-5-6(10)7(11)8(12)13-5/h5-12H,2-4H2,1H3/t5-,6-,7-,8-/m1/s1. The van der Waals surface area contributed by atoms with Gasteiger partial charge in [-0.15, -0.1) is 0 Å². The molecule has 0 bridgehead atoms. The Balaban J connectivity index is 2.27. The molecule has 13 heavy (non-hydrogen) atoms. The molecular formula is C8H17NO4. The third-order valence-electron chi connectivity index (χ3n) is 2.11. The van der Waals surface area contributed by atoms with Crippen LogP contribution in [-0.4, -0.2) is 53.0 Å². The molecule has 5 nitrogen and oxygen atoms in total. The highest BCUT2D eigenvalue weighted by Gasteiger charge is 2.41. The van der Waals surface area contributed by atoms with Gasteiger partial charge in [0.1, 0.15) is 18.3 Å². The van der Waals surface area contributed by atoms with Crippen LogP contribution < -0.4 is 5.32 Å². The molecule has 1 aliphatic rings. The molecule has 1 aliphatic heterocycles. The molecule has 1 heterocycles. The fraction of sp³-hybridized carbons (Fsp3) is 1.00. The van der Waals surface area contributed by atoms with E-state index in [0.717, 1.165) is 13.0 Å². The Morgan fingerprint density at radius 2 is 1.92 bits per heavy atom. The topological polar surface area (TPSA) is 82.0 Å². The second-order valence-corrected chi connectivity index (χ2v) is 3.25. The molecule has 78 valence electrons. The predicted octanol–water partition coefficient (Wildman–Crippen LogP) is -1.57. The molecule has 1 fully saturated rings. The van der Waals surface area contributed by atoms with Gasteiger partial charge in [0, 0.05) is 6.54 Å². The van der Waals surface area contributed by atoms with Gasteiger partial charge in [0.2, 0.25) is 0 Å². The number of rotatable bonds is 4. The summed E-state index contributed by atoms with van der Waals surface area (Å²) in [7, 11) is 0. The number of aliphatic hydroxyl groups excluding tert-OH is 3. The lowest BCUT2D eigenvalue weighted by Crippen LogP contribution is -2.38. The fourth-order valence-corrected chi connectivity index (χ4v) is 1.32. The molecule has 1 saturated heterocycles. The number of ether oxygens (including phenoxy) is 1. The second kappa shape index (κ2) is 4.88. The highest BCUT2D eigenvalue weighted by molar-refractivity contribution is 4.86. The van der Waals surface area contributed by atoms with Crippen molar-refractivity contribution in [3.05, 3.63) is 0 Å². The Labute approximate surface area is 77.3 Å². The van der Waals surface area contributed by atoms with Crippen LogP contribution in [0.5, 0.6) is 0 Å². The van der Waals surface area contributed by atoms with Crippen LogP contribution in [0.2, 0.25) is 0 Å². The molecule has 0 spiro atoms. The Kier molecular flexibility index (Phi) is 4.08. The smallest absolute Gasteiger partial charge is 0.184 e. The summed E-state index contributed by atoms with van der Waals surface area (Å²) >= 11 is 0. The number of nitrogens with one attached hydrogen (secondary N) is 1. The zero-order valence-corrected chi connectivity index (χ0v) is 7.68. The van der Waals surface area contributed by atoms with Gasteiger partial charge in [0.05, 0.1) is 0 Å². The van der Waals surface area contributed by atoms with E-state index in [9.17, 15) is 5.11 Å². The molecule has 0 radical (unpaired) electrons. The number of hydrogen-bond donors (Lipinski definition) is 4. The van der Waals surface area contributed by atoms with Crippen molar-refractivity contribution in [2.45, 2.75) is 37.9 Å². The van der Waals surface area contributed by atoms with Gasteiger partial charge in [-0.1, -0.05) is 6.92 Å². The number of aliphatic hydroxyl groups is 3. The Hall–Kier alpha value is -0.200. The Morgan fingerprint density at radius 3 is 2.38 bits per heavy atom. The first-order valence-electron chi connectivity index (χ1n) is 4.57. The van der Waals surface area contributed by atoms with E-state index in [-0.39, 0.29) is 0 Å². The summed E-state index contributed by atoms with van der Waals surface area (Å²) in [5.74, 6) is 0. The quantitative estimate of drug-likeness (QED) is 0.403. The van der Waals surface area contributed by atoms with Crippen molar-refractivity contribution in [2.75, 3.05) is 13.1 Å². The first-order valence-corrected chi connectivity index (χ1v) is 4.57. The minimum absolute atomic E-state index is 0.448. The molecular weight excluding hydrogens is 174 g/mol. The summed E-state index contributed by atoms with van der Waals surface area (Å²) in [6.45, 7) is 3.31. The normalized spacial score (nSPS) is 39.7. The molecule has 4 atom stereocenters. The van der Waals surface area contributed by atoms with Crippen molar-refractivity contribution in [1.29, 1.82) is 0 Å². The maximum Gasteiger partial charge on any atom is 0.184 e. The van der Waals surface area contributed by atoms with Crippen LogP contribution in [0.15, 0.2) is 0 Å². The molecule has 5 heteroatoms. The minimum Gasteiger partial charge on any atom is -0.387 e. The summed E-state index contributed by atoms with van der Waals surface area (Å²) in [4.78, 5) is 0. The lowest BCUT2D eigenvalue weighted by Gasteiger charge is -2.14. The van der Waals surface area contributed by atoms with Crippen LogP contribution in [0.25, 0.3) is 0 Å². The summed E-state index contributed by atoms with van der Waals surface area (Å²) in [5.41, 5.74) is 0. The summed E-state index contributed by atoms with van der Waals surface area (Å²) in [6, 6.07) is 0. The first-order chi connectivity index (χ1) is 6.16. The molecule has 0 unspecified atom stereocenters. The van der Waals surface area contributed by atoms with E-state index < -0.39 is 24.6 Å². The van der Waals surface area contributed by atoms with E-state index in [1.54, 1.807) is 0 Å². The number of hydrogen-bond acceptors (Lipinski definition) is 5. The van der Waals surface area contributed by atoms with Gasteiger partial charge in [-0.3, -0.25) is 0 Å². The average molecular weight is 191 g/mol. The SMILES string of the molecule is CCCNC[C@H]1O[C@@H](O)[C@H](O)[C@@H]1O. The van der Waals surface area contributed by atoms with Crippen LogP contribution in [0.4, 0.5) is 0 Å². The molecule has 0 aliphatic carbocycles. The molecule has 0 saturated carbocycles. The van der Waals surface area contributed by atoms with Crippen LogP contribution in [0.3, 0.4) is 0 Å². The predicted molar refractivity (Wildman–Crippen MR) is 46.1 cm³/mol. The van der Waals surface area contributed by atoms with Crippen molar-refractivity contribution >= 4 is 0 Å². The van der Waals surface area contributed by atoms with Crippen molar-refractivity contribution in [1.82, 2.24) is 5.32 Å². The van der Waals surface area contributed by atoms with Crippen LogP contribution >= 0.6 is 0 Å². The zero-order chi connectivity index (χ0) is 9.84. The van der Waals surface area contributed by atoms with Gasteiger partial charge in [-0.05, 0) is 13.0 Å². The van der Waals surface area contributed by atoms with Crippen molar-refractivity contribution < 1.29 is 20.1 Å². The second-order valence-electron chi connectivity index (χ2n) is 3.25. The maximum atomic E-state index is 9.35. The van der Waals surface area contributed by atoms with Crippen LogP contribution in [-0.2, 0) is 4.74 Å². The van der Waals surface area contributed by atoms with Gasteiger partial charge in [-0.2, -0.15) is 0 Å². The third kappa shape index (κ3) is 2.62. The Morgan fingerprint density at radius 1 is 1.23 bits per heavy atom. The van der Waals surface area contributed by atoms with E-state index >= 15 is 0 Å². The van der Waals surface area contributed by atoms with Crippen molar-refractivity contribution in [2.24, 2.45) is 0 Å². The highest BCUT2D eigenvalue weighted by atomic mass is 16.6. The highest BCUT2D eigenvalue weighted by Crippen LogP contribution is 2.18. The van der Waals surface area contributed by atoms with E-state index in [1.165, 1.54) is 0 Å². The van der Waals surface area contributed by atoms with Crippen molar-refractivity contribution in [3.63, 3.8) is 0 Å². The Bertz CT molecular complexity index is 155. The summed E-state index contributed by atoms with van der Waals surface area (Å²) < 4.78 is 4.93. The molecule has 1 rings (SSSR count). The largest absolute Gasteiger partial charge is 0.387 e. The van der Waals surface area contributed by atoms with E-state index in [1.807, 2.05) is 6.92 Å². The van der Waals surface area contributed by atoms with Crippen molar-refractivity contribution in [3.8, 4) is 0 Å². The minimum atomic E-state index is -1.26. The summed E-state index contributed by atoms with van der Waals surface area (Å²) in [6.07, 6.45) is -2.97. The lowest BCUT2D eigenvalue weighted by molar-refractivity contribution is -0.126. The van der Waals surface area contributed by atoms with E-state index in [2.05, 4.69) is 5.32 Å². The fourth-order valence-electron chi connectivity index (χ4n) is 1.32. The lowest BCUT2D eigenvalue weighted by atomic mass is 10.1. The maximum absolute atomic E-state index is 9.35. The molecule has 0 aromatic carbocycles. The van der Waals surface area contributed by atoms with Gasteiger partial charge in [-0.25, -0.2) is 0 Å². The third-order valence-corrected chi connectivity index (χ3v) is 2.11. The summed E-state index contributed by atoms with van der Waals surface area (Å²) in [5, 5.41) is 30.6. The van der Waals surface area contributed by atoms with Gasteiger partial charge in [0.25, 0.3) is 0 Å². The van der Waals surface area contributed by atoms with Gasteiger partial charge in [0.15, 0.2) is 6.29 Å².